The number of halogens is 1. The van der Waals surface area contributed by atoms with Crippen LogP contribution in [-0.2, 0) is 9.53 Å². The standard InChI is InChI=1S/C20H16FNO3S/c1-13-7-12-17(26-13)20(24)25-18(14-5-3-2-4-6-14)19(23)22-16-10-8-15(21)9-11-16/h2-12,18H,1H3,(H,22,23). The molecule has 1 aromatic heterocycles. The summed E-state index contributed by atoms with van der Waals surface area (Å²) < 4.78 is 18.5. The van der Waals surface area contributed by atoms with Gasteiger partial charge in [-0.05, 0) is 43.3 Å². The summed E-state index contributed by atoms with van der Waals surface area (Å²) in [7, 11) is 0. The van der Waals surface area contributed by atoms with E-state index in [1.807, 2.05) is 19.1 Å². The maximum absolute atomic E-state index is 13.0. The molecule has 1 heterocycles. The number of esters is 1. The number of rotatable bonds is 5. The van der Waals surface area contributed by atoms with Gasteiger partial charge in [0, 0.05) is 16.1 Å². The Morgan fingerprint density at radius 3 is 2.31 bits per heavy atom. The lowest BCUT2D eigenvalue weighted by molar-refractivity contribution is -0.125. The molecule has 0 aliphatic carbocycles. The highest BCUT2D eigenvalue weighted by molar-refractivity contribution is 7.13. The quantitative estimate of drug-likeness (QED) is 0.662. The molecule has 0 aliphatic rings. The normalized spacial score (nSPS) is 11.6. The van der Waals surface area contributed by atoms with Gasteiger partial charge in [0.15, 0.2) is 0 Å². The van der Waals surface area contributed by atoms with Gasteiger partial charge in [0.1, 0.15) is 10.7 Å². The Morgan fingerprint density at radius 1 is 1.00 bits per heavy atom. The summed E-state index contributed by atoms with van der Waals surface area (Å²) in [5.74, 6) is -1.47. The van der Waals surface area contributed by atoms with Crippen molar-refractivity contribution >= 4 is 28.9 Å². The first kappa shape index (κ1) is 17.8. The zero-order valence-electron chi connectivity index (χ0n) is 13.9. The monoisotopic (exact) mass is 369 g/mol. The Hall–Kier alpha value is -2.99. The topological polar surface area (TPSA) is 55.4 Å². The van der Waals surface area contributed by atoms with Gasteiger partial charge in [-0.1, -0.05) is 30.3 Å². The fraction of sp³-hybridized carbons (Fsp3) is 0.100. The molecule has 2 aromatic carbocycles. The van der Waals surface area contributed by atoms with Gasteiger partial charge in [-0.2, -0.15) is 0 Å². The van der Waals surface area contributed by atoms with Crippen molar-refractivity contribution in [2.45, 2.75) is 13.0 Å². The van der Waals surface area contributed by atoms with E-state index >= 15 is 0 Å². The molecule has 1 amide bonds. The maximum atomic E-state index is 13.0. The predicted molar refractivity (Wildman–Crippen MR) is 98.7 cm³/mol. The van der Waals surface area contributed by atoms with E-state index in [1.54, 1.807) is 30.3 Å². The first-order chi connectivity index (χ1) is 12.5. The molecule has 0 radical (unpaired) electrons. The van der Waals surface area contributed by atoms with E-state index in [1.165, 1.54) is 35.6 Å². The largest absolute Gasteiger partial charge is 0.443 e. The van der Waals surface area contributed by atoms with E-state index in [2.05, 4.69) is 5.32 Å². The Morgan fingerprint density at radius 2 is 1.69 bits per heavy atom. The number of carbonyl (C=O) groups excluding carboxylic acids is 2. The molecule has 1 atom stereocenters. The summed E-state index contributed by atoms with van der Waals surface area (Å²) >= 11 is 1.30. The third-order valence-electron chi connectivity index (χ3n) is 3.62. The first-order valence-electron chi connectivity index (χ1n) is 7.92. The van der Waals surface area contributed by atoms with Crippen LogP contribution in [0.4, 0.5) is 10.1 Å². The summed E-state index contributed by atoms with van der Waals surface area (Å²) in [4.78, 5) is 26.5. The van der Waals surface area contributed by atoms with Crippen LogP contribution in [0.25, 0.3) is 0 Å². The number of thiophene rings is 1. The number of hydrogen-bond acceptors (Lipinski definition) is 4. The van der Waals surface area contributed by atoms with Gasteiger partial charge >= 0.3 is 5.97 Å². The number of benzene rings is 2. The van der Waals surface area contributed by atoms with Gasteiger partial charge < -0.3 is 10.1 Å². The molecule has 1 N–H and O–H groups in total. The van der Waals surface area contributed by atoms with Gasteiger partial charge in [0.2, 0.25) is 6.10 Å². The van der Waals surface area contributed by atoms with E-state index in [0.717, 1.165) is 4.88 Å². The molecular formula is C20H16FNO3S. The third-order valence-corrected chi connectivity index (χ3v) is 4.60. The lowest BCUT2D eigenvalue weighted by atomic mass is 10.1. The van der Waals surface area contributed by atoms with Crippen LogP contribution in [0.3, 0.4) is 0 Å². The molecule has 0 saturated heterocycles. The lowest BCUT2D eigenvalue weighted by Crippen LogP contribution is -2.25. The molecule has 132 valence electrons. The van der Waals surface area contributed by atoms with E-state index in [9.17, 15) is 14.0 Å². The van der Waals surface area contributed by atoms with Crippen LogP contribution in [-0.4, -0.2) is 11.9 Å². The number of hydrogen-bond donors (Lipinski definition) is 1. The molecule has 6 heteroatoms. The molecule has 0 saturated carbocycles. The van der Waals surface area contributed by atoms with Crippen molar-refractivity contribution in [3.63, 3.8) is 0 Å². The Kier molecular flexibility index (Phi) is 5.43. The van der Waals surface area contributed by atoms with Crippen LogP contribution < -0.4 is 5.32 Å². The zero-order valence-corrected chi connectivity index (χ0v) is 14.8. The van der Waals surface area contributed by atoms with Crippen LogP contribution in [0.1, 0.15) is 26.2 Å². The average Bonchev–Trinajstić information content (AvgIpc) is 3.08. The van der Waals surface area contributed by atoms with Crippen LogP contribution in [0, 0.1) is 12.7 Å². The van der Waals surface area contributed by atoms with Gasteiger partial charge in [-0.15, -0.1) is 11.3 Å². The van der Waals surface area contributed by atoms with E-state index in [-0.39, 0.29) is 0 Å². The van der Waals surface area contributed by atoms with Gasteiger partial charge in [0.05, 0.1) is 0 Å². The first-order valence-corrected chi connectivity index (χ1v) is 8.73. The molecule has 0 bridgehead atoms. The fourth-order valence-corrected chi connectivity index (χ4v) is 3.10. The zero-order chi connectivity index (χ0) is 18.5. The van der Waals surface area contributed by atoms with Crippen LogP contribution in [0.15, 0.2) is 66.7 Å². The van der Waals surface area contributed by atoms with Crippen molar-refractivity contribution in [1.82, 2.24) is 0 Å². The van der Waals surface area contributed by atoms with Crippen LogP contribution in [0.5, 0.6) is 0 Å². The molecule has 3 rings (SSSR count). The molecular weight excluding hydrogens is 353 g/mol. The summed E-state index contributed by atoms with van der Waals surface area (Å²) in [6, 6.07) is 17.6. The molecule has 0 fully saturated rings. The molecule has 26 heavy (non-hydrogen) atoms. The molecule has 0 spiro atoms. The van der Waals surface area contributed by atoms with Gasteiger partial charge in [-0.25, -0.2) is 9.18 Å². The van der Waals surface area contributed by atoms with Crippen molar-refractivity contribution in [3.05, 3.63) is 87.9 Å². The SMILES string of the molecule is Cc1ccc(C(=O)OC(C(=O)Nc2ccc(F)cc2)c2ccccc2)s1. The molecule has 0 aliphatic heterocycles. The Labute approximate surface area is 154 Å². The second-order valence-corrected chi connectivity index (χ2v) is 6.89. The third kappa shape index (κ3) is 4.34. The Balaban J connectivity index is 1.82. The fourth-order valence-electron chi connectivity index (χ4n) is 2.35. The highest BCUT2D eigenvalue weighted by Crippen LogP contribution is 2.24. The second kappa shape index (κ2) is 7.93. The lowest BCUT2D eigenvalue weighted by Gasteiger charge is -2.17. The van der Waals surface area contributed by atoms with Crippen molar-refractivity contribution < 1.29 is 18.7 Å². The Bertz CT molecular complexity index is 906. The van der Waals surface area contributed by atoms with Crippen molar-refractivity contribution in [3.8, 4) is 0 Å². The number of ether oxygens (including phenoxy) is 1. The summed E-state index contributed by atoms with van der Waals surface area (Å²) in [5, 5.41) is 2.65. The number of amides is 1. The number of anilines is 1. The summed E-state index contributed by atoms with van der Waals surface area (Å²) in [5.41, 5.74) is 0.967. The van der Waals surface area contributed by atoms with Crippen LogP contribution in [0.2, 0.25) is 0 Å². The smallest absolute Gasteiger partial charge is 0.349 e. The van der Waals surface area contributed by atoms with E-state index in [4.69, 9.17) is 4.74 Å². The average molecular weight is 369 g/mol. The highest BCUT2D eigenvalue weighted by atomic mass is 32.1. The molecule has 1 unspecified atom stereocenters. The van der Waals surface area contributed by atoms with Crippen molar-refractivity contribution in [2.75, 3.05) is 5.32 Å². The maximum Gasteiger partial charge on any atom is 0.349 e. The molecule has 4 nitrogen and oxygen atoms in total. The minimum absolute atomic E-state index is 0.401. The minimum atomic E-state index is -1.11. The van der Waals surface area contributed by atoms with E-state index < -0.39 is 23.8 Å². The number of nitrogens with one attached hydrogen (secondary N) is 1. The predicted octanol–water partition coefficient (Wildman–Crippen LogP) is 4.73. The van der Waals surface area contributed by atoms with Crippen molar-refractivity contribution in [1.29, 1.82) is 0 Å². The van der Waals surface area contributed by atoms with E-state index in [0.29, 0.717) is 16.1 Å². The summed E-state index contributed by atoms with van der Waals surface area (Å²) in [6.07, 6.45) is -1.11. The van der Waals surface area contributed by atoms with Crippen LogP contribution >= 0.6 is 11.3 Å². The number of carbonyl (C=O) groups is 2. The molecule has 3 aromatic rings. The minimum Gasteiger partial charge on any atom is -0.443 e. The summed E-state index contributed by atoms with van der Waals surface area (Å²) in [6.45, 7) is 1.89. The number of aryl methyl sites for hydroxylation is 1. The highest BCUT2D eigenvalue weighted by Gasteiger charge is 2.26. The second-order valence-electron chi connectivity index (χ2n) is 5.60. The van der Waals surface area contributed by atoms with Crippen molar-refractivity contribution in [2.24, 2.45) is 0 Å². The van der Waals surface area contributed by atoms with Gasteiger partial charge in [-0.3, -0.25) is 4.79 Å². The van der Waals surface area contributed by atoms with Gasteiger partial charge in [0.25, 0.3) is 5.91 Å².